The fourth-order valence-electron chi connectivity index (χ4n) is 1.86. The Kier molecular flexibility index (Phi) is 2.76. The normalized spacial score (nSPS) is 21.7. The molecule has 1 aromatic carbocycles. The number of hydrogen-bond acceptors (Lipinski definition) is 1. The van der Waals surface area contributed by atoms with Crippen molar-refractivity contribution in [1.29, 1.82) is 0 Å². The van der Waals surface area contributed by atoms with Crippen LogP contribution in [0.1, 0.15) is 24.0 Å². The van der Waals surface area contributed by atoms with Crippen molar-refractivity contribution >= 4 is 28.8 Å². The number of benzene rings is 1. The predicted molar refractivity (Wildman–Crippen MR) is 64.3 cm³/mol. The molecule has 0 bridgehead atoms. The van der Waals surface area contributed by atoms with Crippen molar-refractivity contribution in [2.24, 2.45) is 0 Å². The highest BCUT2D eigenvalue weighted by molar-refractivity contribution is 14.1. The van der Waals surface area contributed by atoms with Crippen LogP contribution in [0.3, 0.4) is 0 Å². The molecule has 2 nitrogen and oxygen atoms in total. The van der Waals surface area contributed by atoms with Gasteiger partial charge in [0, 0.05) is 6.54 Å². The quantitative estimate of drug-likeness (QED) is 0.533. The van der Waals surface area contributed by atoms with Crippen LogP contribution in [-0.4, -0.2) is 15.6 Å². The Morgan fingerprint density at radius 1 is 1.43 bits per heavy atom. The molecule has 74 valence electrons. The summed E-state index contributed by atoms with van der Waals surface area (Å²) in [6.07, 6.45) is 0.967. The molecule has 1 amide bonds. The van der Waals surface area contributed by atoms with Gasteiger partial charge in [0.25, 0.3) is 0 Å². The zero-order chi connectivity index (χ0) is 10.1. The third-order valence-electron chi connectivity index (χ3n) is 2.71. The predicted octanol–water partition coefficient (Wildman–Crippen LogP) is 2.52. The molecule has 1 aliphatic heterocycles. The van der Waals surface area contributed by atoms with Crippen LogP contribution >= 0.6 is 22.9 Å². The number of rotatable bonds is 0. The van der Waals surface area contributed by atoms with Crippen molar-refractivity contribution in [3.63, 3.8) is 0 Å². The van der Waals surface area contributed by atoms with E-state index in [4.69, 9.17) is 0 Å². The lowest BCUT2D eigenvalue weighted by molar-refractivity contribution is -0.126. The molecule has 0 aromatic heterocycles. The first-order valence-corrected chi connectivity index (χ1v) is 5.71. The highest BCUT2D eigenvalue weighted by Gasteiger charge is 2.25. The molecule has 1 aliphatic rings. The Bertz CT molecular complexity index is 364. The van der Waals surface area contributed by atoms with Gasteiger partial charge in [0.2, 0.25) is 5.91 Å². The van der Waals surface area contributed by atoms with Gasteiger partial charge in [0.1, 0.15) is 0 Å². The molecular weight excluding hydrogens is 289 g/mol. The van der Waals surface area contributed by atoms with E-state index in [0.29, 0.717) is 0 Å². The molecule has 0 saturated carbocycles. The van der Waals surface area contributed by atoms with E-state index in [2.05, 4.69) is 35.0 Å². The number of carbonyl (C=O) groups excluding carboxylic acids is 1. The van der Waals surface area contributed by atoms with E-state index in [1.807, 2.05) is 19.1 Å². The Balaban J connectivity index is 2.45. The van der Waals surface area contributed by atoms with Crippen LogP contribution in [0.25, 0.3) is 0 Å². The number of halogens is 1. The summed E-state index contributed by atoms with van der Waals surface area (Å²) in [6, 6.07) is 8.23. The molecule has 0 fully saturated rings. The summed E-state index contributed by atoms with van der Waals surface area (Å²) in [7, 11) is 0. The average molecular weight is 301 g/mol. The van der Waals surface area contributed by atoms with Crippen molar-refractivity contribution in [3.8, 4) is 0 Å². The van der Waals surface area contributed by atoms with Crippen LogP contribution in [-0.2, 0) is 11.2 Å². The lowest BCUT2D eigenvalue weighted by Crippen LogP contribution is -2.24. The number of amides is 1. The van der Waals surface area contributed by atoms with Gasteiger partial charge in [-0.1, -0.05) is 24.3 Å². The van der Waals surface area contributed by atoms with E-state index >= 15 is 0 Å². The van der Waals surface area contributed by atoms with E-state index < -0.39 is 0 Å². The van der Waals surface area contributed by atoms with Crippen LogP contribution in [0.4, 0.5) is 0 Å². The van der Waals surface area contributed by atoms with Gasteiger partial charge in [0.15, 0.2) is 0 Å². The van der Waals surface area contributed by atoms with Crippen molar-refractivity contribution in [3.05, 3.63) is 35.4 Å². The minimum absolute atomic E-state index is 0.00519. The first-order valence-electron chi connectivity index (χ1n) is 4.75. The highest BCUT2D eigenvalue weighted by Crippen LogP contribution is 2.27. The zero-order valence-electron chi connectivity index (χ0n) is 8.03. The van der Waals surface area contributed by atoms with E-state index in [1.165, 1.54) is 11.1 Å². The Morgan fingerprint density at radius 3 is 2.93 bits per heavy atom. The Hall–Kier alpha value is -0.580. The second-order valence-corrected chi connectivity index (χ2v) is 4.76. The maximum atomic E-state index is 11.8. The number of hydrogen-bond donors (Lipinski definition) is 0. The summed E-state index contributed by atoms with van der Waals surface area (Å²) in [5.41, 5.74) is 2.50. The van der Waals surface area contributed by atoms with Gasteiger partial charge in [-0.05, 0) is 24.5 Å². The molecule has 0 radical (unpaired) electrons. The standard InChI is InChI=1S/C11H12INO/c1-8-10-5-3-2-4-9(10)6-7-13(12)11(8)14/h2-5,8H,6-7H2,1H3. The summed E-state index contributed by atoms with van der Waals surface area (Å²) in [4.78, 5) is 11.8. The summed E-state index contributed by atoms with van der Waals surface area (Å²) in [6.45, 7) is 2.80. The largest absolute Gasteiger partial charge is 0.284 e. The number of fused-ring (bicyclic) bond motifs is 1. The number of nitrogens with zero attached hydrogens (tertiary/aromatic N) is 1. The van der Waals surface area contributed by atoms with E-state index in [1.54, 1.807) is 3.11 Å². The van der Waals surface area contributed by atoms with Crippen LogP contribution in [0.15, 0.2) is 24.3 Å². The van der Waals surface area contributed by atoms with E-state index in [0.717, 1.165) is 13.0 Å². The second-order valence-electron chi connectivity index (χ2n) is 3.59. The van der Waals surface area contributed by atoms with Gasteiger partial charge in [-0.25, -0.2) is 0 Å². The van der Waals surface area contributed by atoms with Gasteiger partial charge >= 0.3 is 0 Å². The molecule has 1 atom stereocenters. The van der Waals surface area contributed by atoms with E-state index in [9.17, 15) is 4.79 Å². The molecular formula is C11H12INO. The van der Waals surface area contributed by atoms with Crippen molar-refractivity contribution < 1.29 is 4.79 Å². The SMILES string of the molecule is CC1C(=O)N(I)CCc2ccccc21. The van der Waals surface area contributed by atoms with Crippen molar-refractivity contribution in [2.75, 3.05) is 6.54 Å². The van der Waals surface area contributed by atoms with Crippen LogP contribution in [0.2, 0.25) is 0 Å². The molecule has 1 heterocycles. The maximum Gasteiger partial charge on any atom is 0.238 e. The van der Waals surface area contributed by atoms with Gasteiger partial charge in [-0.2, -0.15) is 0 Å². The van der Waals surface area contributed by atoms with Gasteiger partial charge < -0.3 is 0 Å². The Labute approximate surface area is 97.8 Å². The molecule has 1 aromatic rings. The summed E-state index contributed by atoms with van der Waals surface area (Å²) in [5.74, 6) is 0.223. The lowest BCUT2D eigenvalue weighted by atomic mass is 9.95. The number of carbonyl (C=O) groups is 1. The van der Waals surface area contributed by atoms with Crippen molar-refractivity contribution in [2.45, 2.75) is 19.3 Å². The van der Waals surface area contributed by atoms with E-state index in [-0.39, 0.29) is 11.8 Å². The molecule has 0 N–H and O–H groups in total. The highest BCUT2D eigenvalue weighted by atomic mass is 127. The monoisotopic (exact) mass is 301 g/mol. The van der Waals surface area contributed by atoms with Gasteiger partial charge in [-0.15, -0.1) is 0 Å². The maximum absolute atomic E-state index is 11.8. The topological polar surface area (TPSA) is 20.3 Å². The minimum atomic E-state index is 0.00519. The zero-order valence-corrected chi connectivity index (χ0v) is 10.2. The summed E-state index contributed by atoms with van der Waals surface area (Å²) in [5, 5.41) is 0. The third kappa shape index (κ3) is 1.65. The fourth-order valence-corrected chi connectivity index (χ4v) is 2.52. The first-order chi connectivity index (χ1) is 6.70. The molecule has 3 heteroatoms. The summed E-state index contributed by atoms with van der Waals surface area (Å²) >= 11 is 2.10. The average Bonchev–Trinajstić information content (AvgIpc) is 2.32. The molecule has 14 heavy (non-hydrogen) atoms. The molecule has 0 spiro atoms. The van der Waals surface area contributed by atoms with Crippen LogP contribution in [0.5, 0.6) is 0 Å². The third-order valence-corrected chi connectivity index (χ3v) is 3.67. The molecule has 2 rings (SSSR count). The van der Waals surface area contributed by atoms with Crippen LogP contribution < -0.4 is 0 Å². The first kappa shape index (κ1) is 9.96. The molecule has 0 aliphatic carbocycles. The summed E-state index contributed by atoms with van der Waals surface area (Å²) < 4.78 is 1.79. The van der Waals surface area contributed by atoms with Gasteiger partial charge in [0.05, 0.1) is 28.8 Å². The van der Waals surface area contributed by atoms with Gasteiger partial charge in [-0.3, -0.25) is 7.91 Å². The van der Waals surface area contributed by atoms with Crippen LogP contribution in [0, 0.1) is 0 Å². The van der Waals surface area contributed by atoms with Crippen molar-refractivity contribution in [1.82, 2.24) is 3.11 Å². The molecule has 0 saturated heterocycles. The second kappa shape index (κ2) is 3.88. The Morgan fingerprint density at radius 2 is 2.14 bits per heavy atom. The smallest absolute Gasteiger partial charge is 0.238 e. The minimum Gasteiger partial charge on any atom is -0.284 e. The lowest BCUT2D eigenvalue weighted by Gasteiger charge is -2.14. The molecule has 1 unspecified atom stereocenters. The fraction of sp³-hybridized carbons (Fsp3) is 0.364.